The van der Waals surface area contributed by atoms with Crippen LogP contribution in [0.25, 0.3) is 0 Å². The zero-order valence-electron chi connectivity index (χ0n) is 15.1. The predicted octanol–water partition coefficient (Wildman–Crippen LogP) is 3.02. The maximum atomic E-state index is 13.1. The van der Waals surface area contributed by atoms with Crippen LogP contribution >= 0.6 is 11.6 Å². The van der Waals surface area contributed by atoms with Crippen molar-refractivity contribution in [2.75, 3.05) is 13.2 Å². The number of aromatic nitrogens is 1. The van der Waals surface area contributed by atoms with Crippen molar-refractivity contribution in [3.05, 3.63) is 58.9 Å². The van der Waals surface area contributed by atoms with Crippen molar-refractivity contribution in [2.24, 2.45) is 0 Å². The number of rotatable bonds is 7. The molecule has 0 radical (unpaired) electrons. The average Bonchev–Trinajstić information content (AvgIpc) is 3.08. The molecular formula is C20H21ClN2O4. The van der Waals surface area contributed by atoms with Crippen molar-refractivity contribution < 1.29 is 19.1 Å². The number of hydrogen-bond donors (Lipinski definition) is 0. The molecule has 0 aliphatic carbocycles. The molecule has 1 aromatic heterocycles. The molecule has 3 rings (SSSR count). The Morgan fingerprint density at radius 3 is 2.96 bits per heavy atom. The Morgan fingerprint density at radius 1 is 1.37 bits per heavy atom. The molecule has 7 heteroatoms. The molecule has 2 aromatic rings. The fourth-order valence-corrected chi connectivity index (χ4v) is 3.19. The van der Waals surface area contributed by atoms with Crippen molar-refractivity contribution in [3.8, 4) is 5.75 Å². The maximum Gasteiger partial charge on any atom is 0.307 e. The average molecular weight is 389 g/mol. The van der Waals surface area contributed by atoms with E-state index >= 15 is 0 Å². The lowest BCUT2D eigenvalue weighted by Crippen LogP contribution is -2.42. The minimum absolute atomic E-state index is 0.130. The minimum Gasteiger partial charge on any atom is -0.480 e. The maximum absolute atomic E-state index is 13.1. The molecule has 27 heavy (non-hydrogen) atoms. The number of pyridine rings is 1. The largest absolute Gasteiger partial charge is 0.480 e. The van der Waals surface area contributed by atoms with E-state index in [0.717, 1.165) is 11.1 Å². The molecule has 142 valence electrons. The summed E-state index contributed by atoms with van der Waals surface area (Å²) in [4.78, 5) is 30.5. The van der Waals surface area contributed by atoms with E-state index in [4.69, 9.17) is 21.1 Å². The fraction of sp³-hybridized carbons (Fsp3) is 0.350. The van der Waals surface area contributed by atoms with Gasteiger partial charge in [-0.15, -0.1) is 0 Å². The van der Waals surface area contributed by atoms with Crippen LogP contribution in [0, 0.1) is 0 Å². The number of fused-ring (bicyclic) bond motifs is 1. The molecule has 1 aromatic carbocycles. The number of amides is 1. The van der Waals surface area contributed by atoms with E-state index in [-0.39, 0.29) is 24.8 Å². The highest BCUT2D eigenvalue weighted by molar-refractivity contribution is 6.30. The Morgan fingerprint density at radius 2 is 2.22 bits per heavy atom. The monoisotopic (exact) mass is 388 g/mol. The third kappa shape index (κ3) is 4.98. The van der Waals surface area contributed by atoms with Crippen LogP contribution in [-0.2, 0) is 27.3 Å². The van der Waals surface area contributed by atoms with Gasteiger partial charge in [0.05, 0.1) is 13.0 Å². The van der Waals surface area contributed by atoms with Gasteiger partial charge in [0.15, 0.2) is 6.10 Å². The van der Waals surface area contributed by atoms with E-state index in [1.165, 1.54) is 0 Å². The van der Waals surface area contributed by atoms with Crippen molar-refractivity contribution in [2.45, 2.75) is 32.4 Å². The Balaban J connectivity index is 1.71. The van der Waals surface area contributed by atoms with Crippen molar-refractivity contribution in [1.29, 1.82) is 0 Å². The summed E-state index contributed by atoms with van der Waals surface area (Å²) in [6.45, 7) is 2.68. The van der Waals surface area contributed by atoms with E-state index in [1.807, 2.05) is 18.2 Å². The van der Waals surface area contributed by atoms with Gasteiger partial charge in [-0.3, -0.25) is 14.6 Å². The number of nitrogens with zero attached hydrogens (tertiary/aromatic N) is 2. The van der Waals surface area contributed by atoms with E-state index in [9.17, 15) is 9.59 Å². The second-order valence-electron chi connectivity index (χ2n) is 6.24. The zero-order chi connectivity index (χ0) is 19.2. The van der Waals surface area contributed by atoms with E-state index in [0.29, 0.717) is 30.3 Å². The van der Waals surface area contributed by atoms with E-state index in [1.54, 1.807) is 36.4 Å². The summed E-state index contributed by atoms with van der Waals surface area (Å²) in [6, 6.07) is 9.03. The van der Waals surface area contributed by atoms with E-state index < -0.39 is 6.10 Å². The third-order valence-electron chi connectivity index (χ3n) is 4.27. The van der Waals surface area contributed by atoms with Gasteiger partial charge in [0.1, 0.15) is 5.75 Å². The summed E-state index contributed by atoms with van der Waals surface area (Å²) < 4.78 is 10.8. The minimum atomic E-state index is -0.627. The second kappa shape index (κ2) is 8.86. The van der Waals surface area contributed by atoms with Gasteiger partial charge in [0, 0.05) is 36.9 Å². The first-order valence-electron chi connectivity index (χ1n) is 8.85. The molecule has 1 unspecified atom stereocenters. The lowest BCUT2D eigenvalue weighted by Gasteiger charge is -2.25. The molecule has 0 saturated heterocycles. The molecule has 1 atom stereocenters. The van der Waals surface area contributed by atoms with Crippen LogP contribution in [0.15, 0.2) is 42.7 Å². The molecular weight excluding hydrogens is 368 g/mol. The summed E-state index contributed by atoms with van der Waals surface area (Å²) in [5.41, 5.74) is 1.79. The number of esters is 1. The quantitative estimate of drug-likeness (QED) is 0.682. The SMILES string of the molecule is CCOC(=O)CCN(Cc1cccnc1)C(=O)C1Cc2cc(Cl)ccc2O1. The second-order valence-corrected chi connectivity index (χ2v) is 6.68. The van der Waals surface area contributed by atoms with Gasteiger partial charge >= 0.3 is 5.97 Å². The summed E-state index contributed by atoms with van der Waals surface area (Å²) >= 11 is 6.03. The smallest absolute Gasteiger partial charge is 0.307 e. The fourth-order valence-electron chi connectivity index (χ4n) is 3.00. The zero-order valence-corrected chi connectivity index (χ0v) is 15.8. The lowest BCUT2D eigenvalue weighted by molar-refractivity contribution is -0.145. The number of hydrogen-bond acceptors (Lipinski definition) is 5. The molecule has 1 aliphatic heterocycles. The molecule has 0 bridgehead atoms. The van der Waals surface area contributed by atoms with Gasteiger partial charge in [-0.1, -0.05) is 17.7 Å². The Labute approximate surface area is 163 Å². The van der Waals surface area contributed by atoms with Crippen LogP contribution in [0.1, 0.15) is 24.5 Å². The number of carbonyl (C=O) groups excluding carboxylic acids is 2. The molecule has 1 aliphatic rings. The van der Waals surface area contributed by atoms with Crippen LogP contribution in [0.4, 0.5) is 0 Å². The van der Waals surface area contributed by atoms with Gasteiger partial charge in [-0.05, 0) is 42.3 Å². The Kier molecular flexibility index (Phi) is 6.29. The topological polar surface area (TPSA) is 68.7 Å². The van der Waals surface area contributed by atoms with Gasteiger partial charge in [-0.2, -0.15) is 0 Å². The van der Waals surface area contributed by atoms with E-state index in [2.05, 4.69) is 4.98 Å². The highest BCUT2D eigenvalue weighted by Gasteiger charge is 2.32. The lowest BCUT2D eigenvalue weighted by atomic mass is 10.1. The van der Waals surface area contributed by atoms with Gasteiger partial charge in [0.2, 0.25) is 0 Å². The molecule has 0 spiro atoms. The molecule has 1 amide bonds. The first-order chi connectivity index (χ1) is 13.1. The highest BCUT2D eigenvalue weighted by Crippen LogP contribution is 2.32. The summed E-state index contributed by atoms with van der Waals surface area (Å²) in [5, 5.41) is 0.611. The predicted molar refractivity (Wildman–Crippen MR) is 100 cm³/mol. The number of carbonyl (C=O) groups is 2. The number of halogens is 1. The van der Waals surface area contributed by atoms with Gasteiger partial charge in [0.25, 0.3) is 5.91 Å². The standard InChI is InChI=1S/C20H21ClN2O4/c1-2-26-19(24)7-9-23(13-14-4-3-8-22-12-14)20(25)18-11-15-10-16(21)5-6-17(15)27-18/h3-6,8,10,12,18H,2,7,9,11,13H2,1H3. The first-order valence-corrected chi connectivity index (χ1v) is 9.23. The molecule has 6 nitrogen and oxygen atoms in total. The van der Waals surface area contributed by atoms with Crippen molar-refractivity contribution in [1.82, 2.24) is 9.88 Å². The number of benzene rings is 1. The van der Waals surface area contributed by atoms with Crippen LogP contribution in [0.2, 0.25) is 5.02 Å². The summed E-state index contributed by atoms with van der Waals surface area (Å²) in [6.07, 6.45) is 3.34. The molecule has 0 N–H and O–H groups in total. The molecule has 0 saturated carbocycles. The van der Waals surface area contributed by atoms with Crippen LogP contribution < -0.4 is 4.74 Å². The van der Waals surface area contributed by atoms with Gasteiger partial charge in [-0.25, -0.2) is 0 Å². The van der Waals surface area contributed by atoms with Crippen molar-refractivity contribution in [3.63, 3.8) is 0 Å². The van der Waals surface area contributed by atoms with Crippen molar-refractivity contribution >= 4 is 23.5 Å². The highest BCUT2D eigenvalue weighted by atomic mass is 35.5. The van der Waals surface area contributed by atoms with Crippen LogP contribution in [-0.4, -0.2) is 41.0 Å². The normalized spacial score (nSPS) is 15.0. The van der Waals surface area contributed by atoms with Crippen LogP contribution in [0.3, 0.4) is 0 Å². The van der Waals surface area contributed by atoms with Gasteiger partial charge < -0.3 is 14.4 Å². The molecule has 2 heterocycles. The Bertz CT molecular complexity index is 813. The first kappa shape index (κ1) is 19.2. The third-order valence-corrected chi connectivity index (χ3v) is 4.51. The number of ether oxygens (including phenoxy) is 2. The molecule has 0 fully saturated rings. The summed E-state index contributed by atoms with van der Waals surface area (Å²) in [5.74, 6) is 0.170. The van der Waals surface area contributed by atoms with Crippen LogP contribution in [0.5, 0.6) is 5.75 Å². The summed E-state index contributed by atoms with van der Waals surface area (Å²) in [7, 11) is 0. The Hall–Kier alpha value is -2.60.